The molecule has 1 fully saturated rings. The molecule has 0 unspecified atom stereocenters. The number of hydrogen-bond donors (Lipinski definition) is 1. The summed E-state index contributed by atoms with van der Waals surface area (Å²) in [7, 11) is 0. The summed E-state index contributed by atoms with van der Waals surface area (Å²) in [5, 5.41) is 2.98. The minimum absolute atomic E-state index is 0.0321. The van der Waals surface area contributed by atoms with E-state index in [1.54, 1.807) is 12.1 Å². The predicted octanol–water partition coefficient (Wildman–Crippen LogP) is 3.52. The van der Waals surface area contributed by atoms with E-state index in [1.807, 2.05) is 42.2 Å². The van der Waals surface area contributed by atoms with Gasteiger partial charge in [-0.25, -0.2) is 4.39 Å². The summed E-state index contributed by atoms with van der Waals surface area (Å²) < 4.78 is 13.1. The monoisotopic (exact) mass is 397 g/mol. The third-order valence-electron chi connectivity index (χ3n) is 5.30. The normalized spacial score (nSPS) is 15.1. The number of carbonyl (C=O) groups is 2. The lowest BCUT2D eigenvalue weighted by molar-refractivity contribution is -0.131. The molecule has 6 heteroatoms. The van der Waals surface area contributed by atoms with Crippen molar-refractivity contribution < 1.29 is 14.0 Å². The Morgan fingerprint density at radius 1 is 0.966 bits per heavy atom. The minimum Gasteiger partial charge on any atom is -0.368 e. The van der Waals surface area contributed by atoms with Gasteiger partial charge in [0.05, 0.1) is 6.04 Å². The average Bonchev–Trinajstić information content (AvgIpc) is 2.75. The molecular formula is C23H28FN3O2. The van der Waals surface area contributed by atoms with Crippen molar-refractivity contribution in [2.75, 3.05) is 31.1 Å². The second-order valence-corrected chi connectivity index (χ2v) is 7.40. The van der Waals surface area contributed by atoms with Crippen molar-refractivity contribution in [2.45, 2.75) is 32.2 Å². The van der Waals surface area contributed by atoms with Crippen LogP contribution >= 0.6 is 0 Å². The highest BCUT2D eigenvalue weighted by Gasteiger charge is 2.21. The van der Waals surface area contributed by atoms with E-state index in [1.165, 1.54) is 12.1 Å². The zero-order valence-electron chi connectivity index (χ0n) is 16.8. The van der Waals surface area contributed by atoms with E-state index in [2.05, 4.69) is 10.2 Å². The molecule has 0 saturated carbocycles. The highest BCUT2D eigenvalue weighted by molar-refractivity contribution is 5.79. The van der Waals surface area contributed by atoms with E-state index in [4.69, 9.17) is 0 Å². The van der Waals surface area contributed by atoms with Gasteiger partial charge in [-0.15, -0.1) is 0 Å². The van der Waals surface area contributed by atoms with Crippen LogP contribution in [0.5, 0.6) is 0 Å². The molecule has 3 rings (SSSR count). The standard InChI is InChI=1S/C23H28FN3O2/c1-18(19-6-3-2-4-7-19)25-22(28)8-5-9-23(29)27-16-14-26(15-17-27)21-12-10-20(24)11-13-21/h2-4,6-7,10-13,18H,5,8-9,14-17H2,1H3,(H,25,28)/t18-/m1/s1. The molecular weight excluding hydrogens is 369 g/mol. The van der Waals surface area contributed by atoms with Gasteiger partial charge in [0.25, 0.3) is 0 Å². The van der Waals surface area contributed by atoms with Gasteiger partial charge in [-0.1, -0.05) is 30.3 Å². The number of nitrogens with one attached hydrogen (secondary N) is 1. The molecule has 5 nitrogen and oxygen atoms in total. The van der Waals surface area contributed by atoms with E-state index in [-0.39, 0.29) is 23.7 Å². The summed E-state index contributed by atoms with van der Waals surface area (Å²) in [6.45, 7) is 4.71. The quantitative estimate of drug-likeness (QED) is 0.778. The number of halogens is 1. The van der Waals surface area contributed by atoms with E-state index < -0.39 is 0 Å². The molecule has 1 heterocycles. The largest absolute Gasteiger partial charge is 0.368 e. The number of carbonyl (C=O) groups excluding carboxylic acids is 2. The van der Waals surface area contributed by atoms with Crippen LogP contribution in [-0.2, 0) is 9.59 Å². The molecule has 1 aliphatic heterocycles. The van der Waals surface area contributed by atoms with Crippen LogP contribution < -0.4 is 10.2 Å². The number of hydrogen-bond acceptors (Lipinski definition) is 3. The van der Waals surface area contributed by atoms with Crippen LogP contribution in [0.25, 0.3) is 0 Å². The van der Waals surface area contributed by atoms with Crippen molar-refractivity contribution >= 4 is 17.5 Å². The number of nitrogens with zero attached hydrogens (tertiary/aromatic N) is 2. The van der Waals surface area contributed by atoms with Gasteiger partial charge in [0.2, 0.25) is 11.8 Å². The van der Waals surface area contributed by atoms with Crippen molar-refractivity contribution in [1.82, 2.24) is 10.2 Å². The van der Waals surface area contributed by atoms with E-state index in [0.29, 0.717) is 32.4 Å². The summed E-state index contributed by atoms with van der Waals surface area (Å²) in [5.74, 6) is -0.187. The maximum Gasteiger partial charge on any atom is 0.222 e. The number of anilines is 1. The van der Waals surface area contributed by atoms with Gasteiger partial charge < -0.3 is 15.1 Å². The Bertz CT molecular complexity index is 803. The second-order valence-electron chi connectivity index (χ2n) is 7.40. The summed E-state index contributed by atoms with van der Waals surface area (Å²) in [6.07, 6.45) is 1.27. The third-order valence-corrected chi connectivity index (χ3v) is 5.30. The van der Waals surface area contributed by atoms with Crippen LogP contribution in [-0.4, -0.2) is 42.9 Å². The zero-order chi connectivity index (χ0) is 20.6. The molecule has 154 valence electrons. The van der Waals surface area contributed by atoms with Crippen LogP contribution in [0.4, 0.5) is 10.1 Å². The van der Waals surface area contributed by atoms with Crippen LogP contribution in [0, 0.1) is 5.82 Å². The van der Waals surface area contributed by atoms with E-state index in [9.17, 15) is 14.0 Å². The molecule has 0 radical (unpaired) electrons. The summed E-state index contributed by atoms with van der Waals surface area (Å²) in [6, 6.07) is 16.2. The summed E-state index contributed by atoms with van der Waals surface area (Å²) >= 11 is 0. The summed E-state index contributed by atoms with van der Waals surface area (Å²) in [5.41, 5.74) is 2.04. The third kappa shape index (κ3) is 6.04. The van der Waals surface area contributed by atoms with E-state index >= 15 is 0 Å². The van der Waals surface area contributed by atoms with Gasteiger partial charge >= 0.3 is 0 Å². The Morgan fingerprint density at radius 2 is 1.62 bits per heavy atom. The average molecular weight is 397 g/mol. The van der Waals surface area contributed by atoms with Crippen molar-refractivity contribution in [3.05, 3.63) is 66.0 Å². The van der Waals surface area contributed by atoms with Crippen LogP contribution in [0.15, 0.2) is 54.6 Å². The lowest BCUT2D eigenvalue weighted by atomic mass is 10.1. The smallest absolute Gasteiger partial charge is 0.222 e. The lowest BCUT2D eigenvalue weighted by Crippen LogP contribution is -2.48. The maximum atomic E-state index is 13.1. The van der Waals surface area contributed by atoms with Crippen molar-refractivity contribution in [3.8, 4) is 0 Å². The molecule has 29 heavy (non-hydrogen) atoms. The predicted molar refractivity (Wildman–Crippen MR) is 112 cm³/mol. The summed E-state index contributed by atoms with van der Waals surface area (Å²) in [4.78, 5) is 28.6. The Balaban J connectivity index is 1.36. The first-order valence-corrected chi connectivity index (χ1v) is 10.2. The number of rotatable bonds is 7. The number of benzene rings is 2. The van der Waals surface area contributed by atoms with Crippen LogP contribution in [0.2, 0.25) is 0 Å². The molecule has 2 aromatic rings. The molecule has 1 aliphatic rings. The first-order valence-electron chi connectivity index (χ1n) is 10.2. The van der Waals surface area contributed by atoms with E-state index in [0.717, 1.165) is 24.3 Å². The molecule has 1 atom stereocenters. The molecule has 1 saturated heterocycles. The van der Waals surface area contributed by atoms with Gasteiger partial charge in [0, 0.05) is 44.7 Å². The second kappa shape index (κ2) is 10.0. The van der Waals surface area contributed by atoms with Crippen molar-refractivity contribution in [1.29, 1.82) is 0 Å². The zero-order valence-corrected chi connectivity index (χ0v) is 16.8. The molecule has 2 amide bonds. The van der Waals surface area contributed by atoms with Crippen LogP contribution in [0.1, 0.15) is 37.8 Å². The van der Waals surface area contributed by atoms with Crippen molar-refractivity contribution in [2.24, 2.45) is 0 Å². The lowest BCUT2D eigenvalue weighted by Gasteiger charge is -2.36. The fourth-order valence-electron chi connectivity index (χ4n) is 3.56. The Labute approximate surface area is 171 Å². The molecule has 1 N–H and O–H groups in total. The molecule has 0 aliphatic carbocycles. The van der Waals surface area contributed by atoms with Gasteiger partial charge in [0.15, 0.2) is 0 Å². The maximum absolute atomic E-state index is 13.1. The first-order chi connectivity index (χ1) is 14.0. The fourth-order valence-corrected chi connectivity index (χ4v) is 3.56. The number of piperazine rings is 1. The fraction of sp³-hybridized carbons (Fsp3) is 0.391. The first kappa shape index (κ1) is 20.8. The van der Waals surface area contributed by atoms with Gasteiger partial charge in [0.1, 0.15) is 5.82 Å². The topological polar surface area (TPSA) is 52.7 Å². The number of amides is 2. The van der Waals surface area contributed by atoms with Gasteiger partial charge in [-0.05, 0) is 43.2 Å². The molecule has 2 aromatic carbocycles. The molecule has 0 aromatic heterocycles. The Morgan fingerprint density at radius 3 is 2.28 bits per heavy atom. The Hall–Kier alpha value is -2.89. The van der Waals surface area contributed by atoms with Gasteiger partial charge in [-0.2, -0.15) is 0 Å². The molecule has 0 spiro atoms. The SMILES string of the molecule is C[C@@H](NC(=O)CCCC(=O)N1CCN(c2ccc(F)cc2)CC1)c1ccccc1. The minimum atomic E-state index is -0.246. The molecule has 0 bridgehead atoms. The van der Waals surface area contributed by atoms with Gasteiger partial charge in [-0.3, -0.25) is 9.59 Å². The van der Waals surface area contributed by atoms with Crippen molar-refractivity contribution in [3.63, 3.8) is 0 Å². The van der Waals surface area contributed by atoms with Crippen LogP contribution in [0.3, 0.4) is 0 Å². The Kier molecular flexibility index (Phi) is 7.22. The highest BCUT2D eigenvalue weighted by Crippen LogP contribution is 2.17. The highest BCUT2D eigenvalue weighted by atomic mass is 19.1.